The lowest BCUT2D eigenvalue weighted by Gasteiger charge is -2.09. The van der Waals surface area contributed by atoms with Crippen LogP contribution in [-0.4, -0.2) is 26.5 Å². The van der Waals surface area contributed by atoms with Gasteiger partial charge in [-0.1, -0.05) is 30.1 Å². The van der Waals surface area contributed by atoms with Crippen LogP contribution in [0.4, 0.5) is 5.69 Å². The summed E-state index contributed by atoms with van der Waals surface area (Å²) in [7, 11) is 0. The number of nitrogens with one attached hydrogen (secondary N) is 1. The number of hydrogen-bond acceptors (Lipinski definition) is 6. The van der Waals surface area contributed by atoms with E-state index in [9.17, 15) is 4.79 Å². The SMILES string of the molecule is CCCCn1ncc(NCCc2ncon2)c(Cl)c1=O. The summed E-state index contributed by atoms with van der Waals surface area (Å²) in [5, 5.41) is 11.0. The minimum absolute atomic E-state index is 0.157. The Balaban J connectivity index is 1.98. The molecule has 0 aliphatic heterocycles. The Morgan fingerprint density at radius 2 is 2.35 bits per heavy atom. The first-order valence-corrected chi connectivity index (χ1v) is 6.85. The van der Waals surface area contributed by atoms with Gasteiger partial charge in [-0.3, -0.25) is 4.79 Å². The van der Waals surface area contributed by atoms with E-state index in [4.69, 9.17) is 11.6 Å². The van der Waals surface area contributed by atoms with E-state index in [1.165, 1.54) is 11.1 Å². The third-order valence-electron chi connectivity index (χ3n) is 2.78. The Hall–Kier alpha value is -1.89. The van der Waals surface area contributed by atoms with E-state index in [2.05, 4.69) is 32.0 Å². The summed E-state index contributed by atoms with van der Waals surface area (Å²) >= 11 is 6.05. The highest BCUT2D eigenvalue weighted by atomic mass is 35.5. The van der Waals surface area contributed by atoms with Crippen molar-refractivity contribution in [2.45, 2.75) is 32.7 Å². The van der Waals surface area contributed by atoms with Crippen molar-refractivity contribution in [3.8, 4) is 0 Å². The number of aryl methyl sites for hydroxylation is 1. The molecule has 0 aliphatic rings. The standard InChI is InChI=1S/C12H16ClN5O2/c1-2-3-6-18-12(19)11(13)9(7-16-18)14-5-4-10-15-8-20-17-10/h7-8,14H,2-6H2,1H3. The summed E-state index contributed by atoms with van der Waals surface area (Å²) in [6.07, 6.45) is 5.31. The van der Waals surface area contributed by atoms with E-state index in [1.54, 1.807) is 6.20 Å². The highest BCUT2D eigenvalue weighted by molar-refractivity contribution is 6.32. The van der Waals surface area contributed by atoms with Crippen molar-refractivity contribution in [3.05, 3.63) is 33.8 Å². The molecular weight excluding hydrogens is 282 g/mol. The van der Waals surface area contributed by atoms with Gasteiger partial charge in [-0.2, -0.15) is 10.1 Å². The number of nitrogens with zero attached hydrogens (tertiary/aromatic N) is 4. The molecule has 0 atom stereocenters. The summed E-state index contributed by atoms with van der Waals surface area (Å²) in [5.74, 6) is 0.595. The van der Waals surface area contributed by atoms with E-state index in [-0.39, 0.29) is 10.6 Å². The fraction of sp³-hybridized carbons (Fsp3) is 0.500. The van der Waals surface area contributed by atoms with Gasteiger partial charge >= 0.3 is 0 Å². The maximum Gasteiger partial charge on any atom is 0.287 e. The zero-order chi connectivity index (χ0) is 14.4. The molecule has 0 amide bonds. The summed E-state index contributed by atoms with van der Waals surface area (Å²) in [4.78, 5) is 15.9. The first-order chi connectivity index (χ1) is 9.72. The molecule has 2 aromatic rings. The van der Waals surface area contributed by atoms with E-state index in [0.717, 1.165) is 12.8 Å². The molecule has 20 heavy (non-hydrogen) atoms. The molecule has 0 fully saturated rings. The number of hydrogen-bond donors (Lipinski definition) is 1. The Morgan fingerprint density at radius 3 is 3.05 bits per heavy atom. The number of halogens is 1. The average molecular weight is 298 g/mol. The van der Waals surface area contributed by atoms with Gasteiger partial charge in [-0.05, 0) is 6.42 Å². The molecule has 2 aromatic heterocycles. The molecule has 0 saturated carbocycles. The summed E-state index contributed by atoms with van der Waals surface area (Å²) < 4.78 is 6.02. The highest BCUT2D eigenvalue weighted by Crippen LogP contribution is 2.15. The molecule has 8 heteroatoms. The summed E-state index contributed by atoms with van der Waals surface area (Å²) in [6, 6.07) is 0. The van der Waals surface area contributed by atoms with Gasteiger partial charge in [0.1, 0.15) is 5.02 Å². The minimum atomic E-state index is -0.273. The van der Waals surface area contributed by atoms with Gasteiger partial charge in [0.2, 0.25) is 6.39 Å². The first kappa shape index (κ1) is 14.5. The van der Waals surface area contributed by atoms with Crippen molar-refractivity contribution in [2.24, 2.45) is 0 Å². The lowest BCUT2D eigenvalue weighted by Crippen LogP contribution is -2.24. The van der Waals surface area contributed by atoms with Crippen LogP contribution in [0.2, 0.25) is 5.02 Å². The first-order valence-electron chi connectivity index (χ1n) is 6.47. The summed E-state index contributed by atoms with van der Waals surface area (Å²) in [6.45, 7) is 3.18. The summed E-state index contributed by atoms with van der Waals surface area (Å²) in [5.41, 5.74) is 0.248. The van der Waals surface area contributed by atoms with Gasteiger partial charge in [0.25, 0.3) is 5.56 Å². The largest absolute Gasteiger partial charge is 0.382 e. The number of aromatic nitrogens is 4. The fourth-order valence-electron chi connectivity index (χ4n) is 1.67. The molecule has 2 rings (SSSR count). The Labute approximate surface area is 120 Å². The fourth-order valence-corrected chi connectivity index (χ4v) is 1.88. The van der Waals surface area contributed by atoms with Gasteiger partial charge in [0, 0.05) is 19.5 Å². The van der Waals surface area contributed by atoms with E-state index >= 15 is 0 Å². The van der Waals surface area contributed by atoms with Crippen LogP contribution in [-0.2, 0) is 13.0 Å². The van der Waals surface area contributed by atoms with Gasteiger partial charge in [-0.25, -0.2) is 4.68 Å². The molecule has 7 nitrogen and oxygen atoms in total. The van der Waals surface area contributed by atoms with Crippen LogP contribution in [0.5, 0.6) is 0 Å². The molecule has 0 unspecified atom stereocenters. The zero-order valence-electron chi connectivity index (χ0n) is 11.2. The molecule has 1 N–H and O–H groups in total. The second-order valence-electron chi connectivity index (χ2n) is 4.28. The second kappa shape index (κ2) is 7.04. The predicted molar refractivity (Wildman–Crippen MR) is 74.9 cm³/mol. The highest BCUT2D eigenvalue weighted by Gasteiger charge is 2.09. The van der Waals surface area contributed by atoms with Crippen LogP contribution < -0.4 is 10.9 Å². The smallest absolute Gasteiger partial charge is 0.287 e. The normalized spacial score (nSPS) is 10.7. The van der Waals surface area contributed by atoms with Crippen molar-refractivity contribution in [1.82, 2.24) is 19.9 Å². The van der Waals surface area contributed by atoms with E-state index < -0.39 is 0 Å². The molecule has 0 spiro atoms. The maximum atomic E-state index is 12.0. The second-order valence-corrected chi connectivity index (χ2v) is 4.66. The van der Waals surface area contributed by atoms with Crippen LogP contribution in [0.1, 0.15) is 25.6 Å². The maximum absolute atomic E-state index is 12.0. The molecule has 0 aromatic carbocycles. The molecule has 2 heterocycles. The topological polar surface area (TPSA) is 85.8 Å². The molecule has 0 saturated heterocycles. The lowest BCUT2D eigenvalue weighted by molar-refractivity contribution is 0.410. The van der Waals surface area contributed by atoms with Crippen LogP contribution in [0.3, 0.4) is 0 Å². The van der Waals surface area contributed by atoms with Crippen molar-refractivity contribution >= 4 is 17.3 Å². The minimum Gasteiger partial charge on any atom is -0.382 e. The van der Waals surface area contributed by atoms with Crippen LogP contribution in [0.25, 0.3) is 0 Å². The van der Waals surface area contributed by atoms with Gasteiger partial charge in [-0.15, -0.1) is 0 Å². The quantitative estimate of drug-likeness (QED) is 0.837. The Bertz CT molecular complexity index is 596. The number of rotatable bonds is 7. The molecule has 0 aliphatic carbocycles. The van der Waals surface area contributed by atoms with Gasteiger partial charge < -0.3 is 9.84 Å². The average Bonchev–Trinajstić information content (AvgIpc) is 2.96. The van der Waals surface area contributed by atoms with Crippen molar-refractivity contribution in [2.75, 3.05) is 11.9 Å². The number of anilines is 1. The van der Waals surface area contributed by atoms with Crippen molar-refractivity contribution in [3.63, 3.8) is 0 Å². The molecule has 0 bridgehead atoms. The zero-order valence-corrected chi connectivity index (χ0v) is 11.9. The third kappa shape index (κ3) is 3.57. The molecule has 0 radical (unpaired) electrons. The Morgan fingerprint density at radius 1 is 1.50 bits per heavy atom. The van der Waals surface area contributed by atoms with Gasteiger partial charge in [0.05, 0.1) is 11.9 Å². The van der Waals surface area contributed by atoms with Gasteiger partial charge in [0.15, 0.2) is 5.82 Å². The molecule has 108 valence electrons. The van der Waals surface area contributed by atoms with Crippen molar-refractivity contribution in [1.29, 1.82) is 0 Å². The monoisotopic (exact) mass is 297 g/mol. The van der Waals surface area contributed by atoms with Crippen LogP contribution >= 0.6 is 11.6 Å². The third-order valence-corrected chi connectivity index (χ3v) is 3.14. The predicted octanol–water partition coefficient (Wildman–Crippen LogP) is 1.73. The number of unbranched alkanes of at least 4 members (excludes halogenated alkanes) is 1. The van der Waals surface area contributed by atoms with Crippen molar-refractivity contribution < 1.29 is 4.52 Å². The van der Waals surface area contributed by atoms with Crippen LogP contribution in [0, 0.1) is 0 Å². The van der Waals surface area contributed by atoms with E-state index in [0.29, 0.717) is 31.0 Å². The lowest BCUT2D eigenvalue weighted by atomic mass is 10.3. The Kier molecular flexibility index (Phi) is 5.11. The molecular formula is C12H16ClN5O2. The van der Waals surface area contributed by atoms with E-state index in [1.807, 2.05) is 0 Å². The van der Waals surface area contributed by atoms with Crippen LogP contribution in [0.15, 0.2) is 21.9 Å².